The number of hydrogen-bond donors (Lipinski definition) is 2. The topological polar surface area (TPSA) is 59.6 Å². The molecule has 2 fully saturated rings. The van der Waals surface area contributed by atoms with E-state index in [4.69, 9.17) is 9.47 Å². The SMILES string of the molecule is COC1(CC2(NC(=O)OC(C)(C)C)CCCCC2)CNC1. The summed E-state index contributed by atoms with van der Waals surface area (Å²) in [5.41, 5.74) is -0.776. The van der Waals surface area contributed by atoms with Gasteiger partial charge in [-0.3, -0.25) is 0 Å². The van der Waals surface area contributed by atoms with Gasteiger partial charge < -0.3 is 20.1 Å². The Morgan fingerprint density at radius 1 is 1.19 bits per heavy atom. The molecule has 0 radical (unpaired) electrons. The van der Waals surface area contributed by atoms with Crippen molar-refractivity contribution in [1.29, 1.82) is 0 Å². The van der Waals surface area contributed by atoms with Crippen molar-refractivity contribution in [3.63, 3.8) is 0 Å². The maximum Gasteiger partial charge on any atom is 0.408 e. The standard InChI is InChI=1S/C16H30N2O3/c1-14(2,3)21-13(19)18-15(8-6-5-7-9-15)10-16(20-4)11-17-12-16/h17H,5-12H2,1-4H3,(H,18,19). The molecule has 0 atom stereocenters. The predicted molar refractivity (Wildman–Crippen MR) is 82.4 cm³/mol. The van der Waals surface area contributed by atoms with E-state index in [1.807, 2.05) is 20.8 Å². The van der Waals surface area contributed by atoms with Gasteiger partial charge in [0, 0.05) is 32.2 Å². The number of rotatable bonds is 4. The number of hydrogen-bond acceptors (Lipinski definition) is 4. The summed E-state index contributed by atoms with van der Waals surface area (Å²) >= 11 is 0. The molecule has 5 nitrogen and oxygen atoms in total. The fourth-order valence-corrected chi connectivity index (χ4v) is 3.46. The number of ether oxygens (including phenoxy) is 2. The minimum Gasteiger partial charge on any atom is -0.444 e. The monoisotopic (exact) mass is 298 g/mol. The third-order valence-electron chi connectivity index (χ3n) is 4.56. The van der Waals surface area contributed by atoms with E-state index in [-0.39, 0.29) is 17.2 Å². The van der Waals surface area contributed by atoms with Crippen LogP contribution >= 0.6 is 0 Å². The van der Waals surface area contributed by atoms with Gasteiger partial charge in [0.1, 0.15) is 5.60 Å². The first kappa shape index (κ1) is 16.6. The van der Waals surface area contributed by atoms with E-state index in [1.54, 1.807) is 7.11 Å². The molecule has 2 aliphatic rings. The Bertz CT molecular complexity index is 361. The van der Waals surface area contributed by atoms with Crippen molar-refractivity contribution < 1.29 is 14.3 Å². The molecule has 21 heavy (non-hydrogen) atoms. The third kappa shape index (κ3) is 4.33. The number of carbonyl (C=O) groups is 1. The Kier molecular flexibility index (Phi) is 4.83. The van der Waals surface area contributed by atoms with Gasteiger partial charge in [0.25, 0.3) is 0 Å². The zero-order valence-corrected chi connectivity index (χ0v) is 13.9. The van der Waals surface area contributed by atoms with Crippen molar-refractivity contribution in [3.05, 3.63) is 0 Å². The van der Waals surface area contributed by atoms with Gasteiger partial charge >= 0.3 is 6.09 Å². The first-order chi connectivity index (χ1) is 9.78. The fraction of sp³-hybridized carbons (Fsp3) is 0.938. The van der Waals surface area contributed by atoms with E-state index < -0.39 is 5.60 Å². The minimum atomic E-state index is -0.461. The van der Waals surface area contributed by atoms with Crippen LogP contribution in [0.3, 0.4) is 0 Å². The number of carbonyl (C=O) groups excluding carboxylic acids is 1. The Labute approximate surface area is 128 Å². The molecule has 0 aromatic rings. The molecule has 2 N–H and O–H groups in total. The fourth-order valence-electron chi connectivity index (χ4n) is 3.46. The van der Waals surface area contributed by atoms with Crippen molar-refractivity contribution in [1.82, 2.24) is 10.6 Å². The normalized spacial score (nSPS) is 24.0. The second-order valence-corrected chi connectivity index (χ2v) is 7.64. The van der Waals surface area contributed by atoms with Crippen molar-refractivity contribution in [3.8, 4) is 0 Å². The number of nitrogens with one attached hydrogen (secondary N) is 2. The van der Waals surface area contributed by atoms with E-state index in [0.29, 0.717) is 0 Å². The summed E-state index contributed by atoms with van der Waals surface area (Å²) in [7, 11) is 1.77. The summed E-state index contributed by atoms with van der Waals surface area (Å²) in [5, 5.41) is 6.46. The summed E-state index contributed by atoms with van der Waals surface area (Å²) in [5.74, 6) is 0. The van der Waals surface area contributed by atoms with Crippen LogP contribution in [0.4, 0.5) is 4.79 Å². The van der Waals surface area contributed by atoms with Gasteiger partial charge in [-0.1, -0.05) is 19.3 Å². The molecule has 0 unspecified atom stereocenters. The van der Waals surface area contributed by atoms with E-state index >= 15 is 0 Å². The molecule has 1 saturated carbocycles. The largest absolute Gasteiger partial charge is 0.444 e. The lowest BCUT2D eigenvalue weighted by atomic mass is 9.72. The highest BCUT2D eigenvalue weighted by molar-refractivity contribution is 5.68. The van der Waals surface area contributed by atoms with Crippen LogP contribution in [0.15, 0.2) is 0 Å². The lowest BCUT2D eigenvalue weighted by Crippen LogP contribution is -2.66. The number of methoxy groups -OCH3 is 1. The smallest absolute Gasteiger partial charge is 0.408 e. The van der Waals surface area contributed by atoms with Crippen LogP contribution in [0.2, 0.25) is 0 Å². The molecule has 1 saturated heterocycles. The molecule has 0 aromatic carbocycles. The Morgan fingerprint density at radius 2 is 1.81 bits per heavy atom. The zero-order valence-electron chi connectivity index (χ0n) is 13.9. The quantitative estimate of drug-likeness (QED) is 0.837. The zero-order chi connectivity index (χ0) is 15.6. The van der Waals surface area contributed by atoms with Crippen molar-refractivity contribution in [2.45, 2.75) is 76.0 Å². The maximum atomic E-state index is 12.2. The third-order valence-corrected chi connectivity index (χ3v) is 4.56. The molecular weight excluding hydrogens is 268 g/mol. The van der Waals surface area contributed by atoms with E-state index in [2.05, 4.69) is 10.6 Å². The lowest BCUT2D eigenvalue weighted by Gasteiger charge is -2.49. The first-order valence-electron chi connectivity index (χ1n) is 8.05. The summed E-state index contributed by atoms with van der Waals surface area (Å²) in [6, 6.07) is 0. The van der Waals surface area contributed by atoms with Gasteiger partial charge in [0.15, 0.2) is 0 Å². The molecule has 2 rings (SSSR count). The second-order valence-electron chi connectivity index (χ2n) is 7.64. The molecule has 0 spiro atoms. The van der Waals surface area contributed by atoms with E-state index in [9.17, 15) is 4.79 Å². The van der Waals surface area contributed by atoms with Gasteiger partial charge in [-0.25, -0.2) is 4.79 Å². The van der Waals surface area contributed by atoms with Crippen LogP contribution in [-0.2, 0) is 9.47 Å². The molecule has 1 aliphatic carbocycles. The van der Waals surface area contributed by atoms with Crippen LogP contribution in [0.1, 0.15) is 59.3 Å². The molecule has 0 bridgehead atoms. The van der Waals surface area contributed by atoms with Crippen LogP contribution < -0.4 is 10.6 Å². The van der Waals surface area contributed by atoms with Crippen molar-refractivity contribution in [2.24, 2.45) is 0 Å². The summed E-state index contributed by atoms with van der Waals surface area (Å²) in [6.07, 6.45) is 6.14. The Hall–Kier alpha value is -0.810. The highest BCUT2D eigenvalue weighted by Crippen LogP contribution is 2.37. The highest BCUT2D eigenvalue weighted by atomic mass is 16.6. The molecule has 1 amide bonds. The maximum absolute atomic E-state index is 12.2. The second kappa shape index (κ2) is 6.13. The molecule has 1 heterocycles. The average molecular weight is 298 g/mol. The summed E-state index contributed by atoms with van der Waals surface area (Å²) in [6.45, 7) is 7.41. The van der Waals surface area contributed by atoms with Gasteiger partial charge in [0.2, 0.25) is 0 Å². The van der Waals surface area contributed by atoms with Crippen LogP contribution in [0, 0.1) is 0 Å². The van der Waals surface area contributed by atoms with Crippen molar-refractivity contribution >= 4 is 6.09 Å². The highest BCUT2D eigenvalue weighted by Gasteiger charge is 2.46. The van der Waals surface area contributed by atoms with E-state index in [1.165, 1.54) is 6.42 Å². The Morgan fingerprint density at radius 3 is 2.24 bits per heavy atom. The molecular formula is C16H30N2O3. The lowest BCUT2D eigenvalue weighted by molar-refractivity contribution is -0.0797. The van der Waals surface area contributed by atoms with Crippen LogP contribution in [0.5, 0.6) is 0 Å². The van der Waals surface area contributed by atoms with Crippen molar-refractivity contribution in [2.75, 3.05) is 20.2 Å². The van der Waals surface area contributed by atoms with E-state index in [0.717, 1.165) is 45.2 Å². The van der Waals surface area contributed by atoms with Gasteiger partial charge in [-0.2, -0.15) is 0 Å². The number of amides is 1. The van der Waals surface area contributed by atoms with Gasteiger partial charge in [-0.05, 0) is 33.6 Å². The molecule has 0 aromatic heterocycles. The van der Waals surface area contributed by atoms with Gasteiger partial charge in [0.05, 0.1) is 5.60 Å². The van der Waals surface area contributed by atoms with Gasteiger partial charge in [-0.15, -0.1) is 0 Å². The van der Waals surface area contributed by atoms with Crippen LogP contribution in [0.25, 0.3) is 0 Å². The number of alkyl carbamates (subject to hydrolysis) is 1. The predicted octanol–water partition coefficient (Wildman–Crippen LogP) is 2.59. The first-order valence-corrected chi connectivity index (χ1v) is 8.05. The summed E-state index contributed by atoms with van der Waals surface area (Å²) < 4.78 is 11.2. The summed E-state index contributed by atoms with van der Waals surface area (Å²) in [4.78, 5) is 12.2. The molecule has 5 heteroatoms. The average Bonchev–Trinajstić information content (AvgIpc) is 2.32. The van der Waals surface area contributed by atoms with Crippen LogP contribution in [-0.4, -0.2) is 43.0 Å². The molecule has 1 aliphatic heterocycles. The molecule has 122 valence electrons. The Balaban J connectivity index is 2.04. The minimum absolute atomic E-state index is 0.133.